The molecule has 0 saturated heterocycles. The summed E-state index contributed by atoms with van der Waals surface area (Å²) in [6, 6.07) is -0.801. The van der Waals surface area contributed by atoms with Crippen LogP contribution in [-0.4, -0.2) is 64.3 Å². The van der Waals surface area contributed by atoms with E-state index < -0.39 is 24.0 Å². The minimum absolute atomic E-state index is 0.400. The second kappa shape index (κ2) is 24.1. The van der Waals surface area contributed by atoms with Crippen molar-refractivity contribution in [3.8, 4) is 0 Å². The summed E-state index contributed by atoms with van der Waals surface area (Å²) in [6.07, 6.45) is 14.3. The van der Waals surface area contributed by atoms with Gasteiger partial charge in [-0.2, -0.15) is 0 Å². The molecule has 0 aliphatic heterocycles. The molecule has 4 N–H and O–H groups in total. The Labute approximate surface area is 203 Å². The van der Waals surface area contributed by atoms with Gasteiger partial charge in [0.2, 0.25) is 0 Å². The highest BCUT2D eigenvalue weighted by Crippen LogP contribution is 2.11. The molecule has 0 spiro atoms. The predicted molar refractivity (Wildman–Crippen MR) is 139 cm³/mol. The molecular weight excluding hydrogens is 416 g/mol. The van der Waals surface area contributed by atoms with Gasteiger partial charge in [-0.25, -0.2) is 9.59 Å². The Hall–Kier alpha value is -1.02. The van der Waals surface area contributed by atoms with Crippen LogP contribution < -0.4 is 21.3 Å². The van der Waals surface area contributed by atoms with Crippen LogP contribution in [0.5, 0.6) is 0 Å². The molecular formula is C26H54N4O3. The summed E-state index contributed by atoms with van der Waals surface area (Å²) in [6.45, 7) is 7.86. The van der Waals surface area contributed by atoms with Crippen LogP contribution in [0.4, 0.5) is 0 Å². The van der Waals surface area contributed by atoms with E-state index >= 15 is 0 Å². The second-order valence-electron chi connectivity index (χ2n) is 9.07. The molecule has 0 fully saturated rings. The molecule has 196 valence electrons. The highest BCUT2D eigenvalue weighted by molar-refractivity contribution is 5.90. The summed E-state index contributed by atoms with van der Waals surface area (Å²) >= 11 is 0. The summed E-state index contributed by atoms with van der Waals surface area (Å²) < 4.78 is 5.40. The molecule has 0 saturated carbocycles. The number of nitrogens with one attached hydrogen (secondary N) is 4. The number of ether oxygens (including phenoxy) is 1. The monoisotopic (exact) mass is 470 g/mol. The molecule has 2 unspecified atom stereocenters. The Morgan fingerprint density at radius 2 is 0.970 bits per heavy atom. The molecule has 33 heavy (non-hydrogen) atoms. The molecule has 0 aromatic heterocycles. The molecule has 7 heteroatoms. The van der Waals surface area contributed by atoms with E-state index in [1.165, 1.54) is 0 Å². The van der Waals surface area contributed by atoms with Crippen molar-refractivity contribution in [2.75, 3.05) is 40.3 Å². The first-order chi connectivity index (χ1) is 16.1. The summed E-state index contributed by atoms with van der Waals surface area (Å²) in [5.74, 6) is -0.828. The molecule has 0 aromatic carbocycles. The second-order valence-corrected chi connectivity index (χ2v) is 9.07. The molecule has 0 bridgehead atoms. The molecule has 0 radical (unpaired) electrons. The zero-order valence-electron chi connectivity index (χ0n) is 22.1. The molecule has 0 aliphatic carbocycles. The van der Waals surface area contributed by atoms with Crippen LogP contribution in [0, 0.1) is 0 Å². The molecule has 0 amide bonds. The summed E-state index contributed by atoms with van der Waals surface area (Å²) in [5.41, 5.74) is 0. The third-order valence-electron chi connectivity index (χ3n) is 5.95. The molecule has 0 aromatic rings. The van der Waals surface area contributed by atoms with Crippen LogP contribution in [0.15, 0.2) is 0 Å². The molecule has 0 rings (SSSR count). The fraction of sp³-hybridized carbons (Fsp3) is 0.923. The van der Waals surface area contributed by atoms with Crippen molar-refractivity contribution in [1.29, 1.82) is 0 Å². The predicted octanol–water partition coefficient (Wildman–Crippen LogP) is 3.91. The number of rotatable bonds is 24. The summed E-state index contributed by atoms with van der Waals surface area (Å²) in [5, 5.41) is 13.0. The van der Waals surface area contributed by atoms with Gasteiger partial charge in [0.1, 0.15) is 12.1 Å². The van der Waals surface area contributed by atoms with Crippen molar-refractivity contribution in [3.63, 3.8) is 0 Å². The number of hydrogen-bond donors (Lipinski definition) is 4. The first-order valence-electron chi connectivity index (χ1n) is 13.6. The standard InChI is InChI=1S/C26H54N4O3/c1-5-7-21-29-23(17-13-9-11-15-19-27-3)25(31)33-26(32)24(30-22-8-6-2)18-14-10-12-16-20-28-4/h23-24,27-30H,5-22H2,1-4H3. The van der Waals surface area contributed by atoms with E-state index in [4.69, 9.17) is 4.74 Å². The lowest BCUT2D eigenvalue weighted by Gasteiger charge is -2.20. The van der Waals surface area contributed by atoms with Crippen LogP contribution in [-0.2, 0) is 14.3 Å². The topological polar surface area (TPSA) is 91.5 Å². The smallest absolute Gasteiger partial charge is 0.330 e. The van der Waals surface area contributed by atoms with Crippen molar-refractivity contribution in [1.82, 2.24) is 21.3 Å². The van der Waals surface area contributed by atoms with E-state index in [0.717, 1.165) is 116 Å². The van der Waals surface area contributed by atoms with Gasteiger partial charge < -0.3 is 26.0 Å². The Morgan fingerprint density at radius 1 is 0.576 bits per heavy atom. The Bertz CT molecular complexity index is 423. The van der Waals surface area contributed by atoms with E-state index in [0.29, 0.717) is 0 Å². The minimum Gasteiger partial charge on any atom is -0.391 e. The highest BCUT2D eigenvalue weighted by atomic mass is 16.6. The summed E-state index contributed by atoms with van der Waals surface area (Å²) in [7, 11) is 3.93. The van der Waals surface area contributed by atoms with Crippen molar-refractivity contribution >= 4 is 11.9 Å². The average molecular weight is 471 g/mol. The fourth-order valence-electron chi connectivity index (χ4n) is 3.76. The van der Waals surface area contributed by atoms with E-state index in [1.807, 2.05) is 14.1 Å². The largest absolute Gasteiger partial charge is 0.391 e. The van der Waals surface area contributed by atoms with Gasteiger partial charge in [-0.3, -0.25) is 0 Å². The van der Waals surface area contributed by atoms with Crippen LogP contribution in [0.2, 0.25) is 0 Å². The van der Waals surface area contributed by atoms with E-state index in [2.05, 4.69) is 35.1 Å². The third-order valence-corrected chi connectivity index (χ3v) is 5.95. The van der Waals surface area contributed by atoms with Gasteiger partial charge in [0.15, 0.2) is 0 Å². The molecule has 7 nitrogen and oxygen atoms in total. The van der Waals surface area contributed by atoms with Crippen LogP contribution in [0.1, 0.15) is 104 Å². The van der Waals surface area contributed by atoms with Gasteiger partial charge in [-0.15, -0.1) is 0 Å². The maximum atomic E-state index is 12.8. The highest BCUT2D eigenvalue weighted by Gasteiger charge is 2.26. The minimum atomic E-state index is -0.414. The van der Waals surface area contributed by atoms with Crippen molar-refractivity contribution < 1.29 is 14.3 Å². The van der Waals surface area contributed by atoms with E-state index in [-0.39, 0.29) is 0 Å². The number of carbonyl (C=O) groups excluding carboxylic acids is 2. The molecule has 0 heterocycles. The first-order valence-corrected chi connectivity index (χ1v) is 13.6. The van der Waals surface area contributed by atoms with E-state index in [1.54, 1.807) is 0 Å². The number of hydrogen-bond acceptors (Lipinski definition) is 7. The Balaban J connectivity index is 4.68. The number of esters is 2. The molecule has 2 atom stereocenters. The zero-order chi connectivity index (χ0) is 24.6. The van der Waals surface area contributed by atoms with Crippen molar-refractivity contribution in [2.24, 2.45) is 0 Å². The Kier molecular flexibility index (Phi) is 23.4. The van der Waals surface area contributed by atoms with Crippen LogP contribution in [0.3, 0.4) is 0 Å². The lowest BCUT2D eigenvalue weighted by Crippen LogP contribution is -2.44. The zero-order valence-corrected chi connectivity index (χ0v) is 22.1. The van der Waals surface area contributed by atoms with Gasteiger partial charge in [-0.05, 0) is 78.8 Å². The van der Waals surface area contributed by atoms with Crippen molar-refractivity contribution in [3.05, 3.63) is 0 Å². The van der Waals surface area contributed by atoms with Crippen molar-refractivity contribution in [2.45, 2.75) is 116 Å². The SMILES string of the molecule is CCCCNC(CCCCCCNC)C(=O)OC(=O)C(CCCCCCNC)NCCCC. The summed E-state index contributed by atoms with van der Waals surface area (Å²) in [4.78, 5) is 25.7. The Morgan fingerprint density at radius 3 is 1.33 bits per heavy atom. The number of carbonyl (C=O) groups is 2. The van der Waals surface area contributed by atoms with Gasteiger partial charge >= 0.3 is 11.9 Å². The van der Waals surface area contributed by atoms with Gasteiger partial charge in [0.25, 0.3) is 0 Å². The lowest BCUT2D eigenvalue weighted by molar-refractivity contribution is -0.163. The average Bonchev–Trinajstić information content (AvgIpc) is 2.81. The lowest BCUT2D eigenvalue weighted by atomic mass is 10.1. The normalized spacial score (nSPS) is 13.1. The third kappa shape index (κ3) is 19.0. The first kappa shape index (κ1) is 32.0. The fourth-order valence-corrected chi connectivity index (χ4v) is 3.76. The van der Waals surface area contributed by atoms with Gasteiger partial charge in [0.05, 0.1) is 0 Å². The molecule has 0 aliphatic rings. The van der Waals surface area contributed by atoms with E-state index in [9.17, 15) is 9.59 Å². The quantitative estimate of drug-likeness (QED) is 0.0965. The maximum absolute atomic E-state index is 12.8. The van der Waals surface area contributed by atoms with Gasteiger partial charge in [-0.1, -0.05) is 65.2 Å². The van der Waals surface area contributed by atoms with Gasteiger partial charge in [0, 0.05) is 0 Å². The number of unbranched alkanes of at least 4 members (excludes halogenated alkanes) is 8. The van der Waals surface area contributed by atoms with Crippen LogP contribution in [0.25, 0.3) is 0 Å². The maximum Gasteiger partial charge on any atom is 0.330 e. The van der Waals surface area contributed by atoms with Crippen LogP contribution >= 0.6 is 0 Å².